The molecule has 0 radical (unpaired) electrons. The highest BCUT2D eigenvalue weighted by Crippen LogP contribution is 2.08. The summed E-state index contributed by atoms with van der Waals surface area (Å²) in [6.45, 7) is 0.659. The average Bonchev–Trinajstić information content (AvgIpc) is 2.45. The fourth-order valence-electron chi connectivity index (χ4n) is 1.75. The molecule has 1 aromatic rings. The van der Waals surface area contributed by atoms with E-state index in [1.807, 2.05) is 42.1 Å². The van der Waals surface area contributed by atoms with Crippen LogP contribution in [0, 0.1) is 17.2 Å². The van der Waals surface area contributed by atoms with Gasteiger partial charge in [0.25, 0.3) is 0 Å². The maximum Gasteiger partial charge on any atom is 0.237 e. The third-order valence-corrected chi connectivity index (χ3v) is 3.53. The lowest BCUT2D eigenvalue weighted by atomic mass is 10.00. The Morgan fingerprint density at radius 1 is 1.37 bits per heavy atom. The van der Waals surface area contributed by atoms with Crippen LogP contribution in [0.4, 0.5) is 0 Å². The van der Waals surface area contributed by atoms with Crippen molar-refractivity contribution in [1.82, 2.24) is 5.32 Å². The fraction of sp³-hybridized carbons (Fsp3) is 0.467. The van der Waals surface area contributed by atoms with Crippen molar-refractivity contribution < 1.29 is 4.79 Å². The van der Waals surface area contributed by atoms with Crippen molar-refractivity contribution in [3.63, 3.8) is 0 Å². The molecule has 0 aliphatic carbocycles. The second-order valence-electron chi connectivity index (χ2n) is 4.36. The molecule has 1 amide bonds. The molecule has 0 aromatic heterocycles. The maximum absolute atomic E-state index is 11.9. The van der Waals surface area contributed by atoms with Crippen molar-refractivity contribution in [1.29, 1.82) is 5.26 Å². The molecule has 3 nitrogen and oxygen atoms in total. The number of amides is 1. The quantitative estimate of drug-likeness (QED) is 0.743. The van der Waals surface area contributed by atoms with Crippen LogP contribution in [0.25, 0.3) is 0 Å². The van der Waals surface area contributed by atoms with Gasteiger partial charge in [-0.15, -0.1) is 0 Å². The van der Waals surface area contributed by atoms with Crippen molar-refractivity contribution in [2.75, 3.05) is 18.6 Å². The molecule has 1 aromatic carbocycles. The highest BCUT2D eigenvalue weighted by Gasteiger charge is 2.17. The van der Waals surface area contributed by atoms with Gasteiger partial charge in [0, 0.05) is 6.54 Å². The van der Waals surface area contributed by atoms with Gasteiger partial charge in [-0.3, -0.25) is 4.79 Å². The lowest BCUT2D eigenvalue weighted by Crippen LogP contribution is -2.31. The van der Waals surface area contributed by atoms with Crippen molar-refractivity contribution in [2.24, 2.45) is 5.92 Å². The normalized spacial score (nSPS) is 11.6. The maximum atomic E-state index is 11.9. The minimum absolute atomic E-state index is 0.157. The summed E-state index contributed by atoms with van der Waals surface area (Å²) in [7, 11) is 0. The zero-order chi connectivity index (χ0) is 13.9. The molecular formula is C15H20N2OS. The van der Waals surface area contributed by atoms with Gasteiger partial charge in [0.05, 0.1) is 6.07 Å². The number of hydrogen-bond acceptors (Lipinski definition) is 3. The Kier molecular flexibility index (Phi) is 7.76. The molecule has 0 aliphatic heterocycles. The van der Waals surface area contributed by atoms with E-state index in [4.69, 9.17) is 5.26 Å². The minimum Gasteiger partial charge on any atom is -0.355 e. The molecule has 0 fully saturated rings. The zero-order valence-electron chi connectivity index (χ0n) is 11.3. The molecule has 1 rings (SSSR count). The Bertz CT molecular complexity index is 414. The number of nitrogens with one attached hydrogen (secondary N) is 1. The van der Waals surface area contributed by atoms with Crippen LogP contribution < -0.4 is 5.32 Å². The molecule has 102 valence electrons. The average molecular weight is 276 g/mol. The van der Waals surface area contributed by atoms with Crippen LogP contribution in [-0.2, 0) is 11.2 Å². The van der Waals surface area contributed by atoms with E-state index in [2.05, 4.69) is 17.6 Å². The molecule has 4 heteroatoms. The summed E-state index contributed by atoms with van der Waals surface area (Å²) in [5.74, 6) is 0.361. The van der Waals surface area contributed by atoms with Crippen LogP contribution in [-0.4, -0.2) is 24.5 Å². The van der Waals surface area contributed by atoms with Gasteiger partial charge in [-0.1, -0.05) is 30.3 Å². The second-order valence-corrected chi connectivity index (χ2v) is 5.35. The van der Waals surface area contributed by atoms with E-state index in [1.165, 1.54) is 0 Å². The van der Waals surface area contributed by atoms with Crippen molar-refractivity contribution in [3.8, 4) is 6.07 Å². The van der Waals surface area contributed by atoms with Gasteiger partial charge in [-0.25, -0.2) is 0 Å². The first kappa shape index (κ1) is 15.6. The number of hydrogen-bond donors (Lipinski definition) is 1. The van der Waals surface area contributed by atoms with Crippen LogP contribution in [0.2, 0.25) is 0 Å². The Labute approximate surface area is 119 Å². The van der Waals surface area contributed by atoms with Crippen LogP contribution >= 0.6 is 11.8 Å². The number of benzene rings is 1. The number of thioether (sulfide) groups is 1. The van der Waals surface area contributed by atoms with Gasteiger partial charge < -0.3 is 5.32 Å². The van der Waals surface area contributed by atoms with Gasteiger partial charge >= 0.3 is 0 Å². The van der Waals surface area contributed by atoms with Gasteiger partial charge in [0.2, 0.25) is 5.91 Å². The number of nitrogens with zero attached hydrogens (tertiary/aromatic N) is 1. The standard InChI is InChI=1S/C15H20N2OS/c1-19-10-6-5-9-17-15(18)14(12-16)11-13-7-3-2-4-8-13/h2-4,7-8,14H,5-6,9-11H2,1H3,(H,17,18). The molecule has 0 spiro atoms. The van der Waals surface area contributed by atoms with Crippen LogP contribution in [0.3, 0.4) is 0 Å². The smallest absolute Gasteiger partial charge is 0.237 e. The Morgan fingerprint density at radius 2 is 2.11 bits per heavy atom. The van der Waals surface area contributed by atoms with Crippen molar-refractivity contribution in [2.45, 2.75) is 19.3 Å². The number of carbonyl (C=O) groups excluding carboxylic acids is 1. The third kappa shape index (κ3) is 6.30. The van der Waals surface area contributed by atoms with Gasteiger partial charge in [0.1, 0.15) is 5.92 Å². The molecular weight excluding hydrogens is 256 g/mol. The van der Waals surface area contributed by atoms with Gasteiger partial charge in [-0.2, -0.15) is 17.0 Å². The van der Waals surface area contributed by atoms with E-state index < -0.39 is 5.92 Å². The van der Waals surface area contributed by atoms with E-state index >= 15 is 0 Å². The topological polar surface area (TPSA) is 52.9 Å². The largest absolute Gasteiger partial charge is 0.355 e. The first-order valence-electron chi connectivity index (χ1n) is 6.48. The minimum atomic E-state index is -0.594. The Morgan fingerprint density at radius 3 is 2.74 bits per heavy atom. The highest BCUT2D eigenvalue weighted by molar-refractivity contribution is 7.98. The summed E-state index contributed by atoms with van der Waals surface area (Å²) < 4.78 is 0. The molecule has 1 atom stereocenters. The van der Waals surface area contributed by atoms with Crippen molar-refractivity contribution >= 4 is 17.7 Å². The van der Waals surface area contributed by atoms with Crippen LogP contribution in [0.5, 0.6) is 0 Å². The summed E-state index contributed by atoms with van der Waals surface area (Å²) in [4.78, 5) is 11.9. The first-order chi connectivity index (χ1) is 9.27. The zero-order valence-corrected chi connectivity index (χ0v) is 12.1. The Balaban J connectivity index is 2.34. The highest BCUT2D eigenvalue weighted by atomic mass is 32.2. The molecule has 0 heterocycles. The van der Waals surface area contributed by atoms with Gasteiger partial charge in [0.15, 0.2) is 0 Å². The number of nitriles is 1. The first-order valence-corrected chi connectivity index (χ1v) is 7.87. The fourth-order valence-corrected chi connectivity index (χ4v) is 2.25. The van der Waals surface area contributed by atoms with Crippen LogP contribution in [0.1, 0.15) is 18.4 Å². The lowest BCUT2D eigenvalue weighted by Gasteiger charge is -2.10. The molecule has 0 aliphatic rings. The predicted octanol–water partition coefficient (Wildman–Crippen LogP) is 2.63. The monoisotopic (exact) mass is 276 g/mol. The Hall–Kier alpha value is -1.47. The molecule has 0 saturated heterocycles. The SMILES string of the molecule is CSCCCCNC(=O)C(C#N)Cc1ccccc1. The summed E-state index contributed by atoms with van der Waals surface area (Å²) in [6.07, 6.45) is 4.62. The molecule has 0 saturated carbocycles. The second kappa shape index (κ2) is 9.46. The number of rotatable bonds is 8. The summed E-state index contributed by atoms with van der Waals surface area (Å²) in [5, 5.41) is 11.9. The number of carbonyl (C=O) groups is 1. The summed E-state index contributed by atoms with van der Waals surface area (Å²) >= 11 is 1.81. The number of unbranched alkanes of at least 4 members (excludes halogenated alkanes) is 1. The van der Waals surface area contributed by atoms with E-state index in [9.17, 15) is 4.79 Å². The summed E-state index contributed by atoms with van der Waals surface area (Å²) in [6, 6.07) is 11.7. The van der Waals surface area contributed by atoms with E-state index in [0.717, 1.165) is 24.2 Å². The lowest BCUT2D eigenvalue weighted by molar-refractivity contribution is -0.123. The molecule has 19 heavy (non-hydrogen) atoms. The van der Waals surface area contributed by atoms with Crippen molar-refractivity contribution in [3.05, 3.63) is 35.9 Å². The van der Waals surface area contributed by atoms with E-state index in [0.29, 0.717) is 13.0 Å². The molecule has 1 N–H and O–H groups in total. The predicted molar refractivity (Wildman–Crippen MR) is 79.9 cm³/mol. The molecule has 0 bridgehead atoms. The molecule has 1 unspecified atom stereocenters. The van der Waals surface area contributed by atoms with Gasteiger partial charge in [-0.05, 0) is 36.8 Å². The van der Waals surface area contributed by atoms with E-state index in [-0.39, 0.29) is 5.91 Å². The van der Waals surface area contributed by atoms with E-state index in [1.54, 1.807) is 0 Å². The van der Waals surface area contributed by atoms with Crippen LogP contribution in [0.15, 0.2) is 30.3 Å². The third-order valence-electron chi connectivity index (χ3n) is 2.83. The summed E-state index contributed by atoms with van der Waals surface area (Å²) in [5.41, 5.74) is 1.02.